The molecule has 1 saturated heterocycles. The van der Waals surface area contributed by atoms with E-state index in [0.29, 0.717) is 19.8 Å². The summed E-state index contributed by atoms with van der Waals surface area (Å²) in [6.07, 6.45) is 8.75. The van der Waals surface area contributed by atoms with Crippen molar-refractivity contribution in [3.05, 3.63) is 0 Å². The Morgan fingerprint density at radius 1 is 0.950 bits per heavy atom. The molecule has 0 atom stereocenters. The lowest BCUT2D eigenvalue weighted by Crippen LogP contribution is -2.49. The number of hydrogen-bond acceptors (Lipinski definition) is 4. The number of aliphatic hydroxyl groups is 2. The van der Waals surface area contributed by atoms with Gasteiger partial charge in [0.05, 0.1) is 5.60 Å². The van der Waals surface area contributed by atoms with Crippen molar-refractivity contribution in [2.45, 2.75) is 57.0 Å². The molecule has 20 heavy (non-hydrogen) atoms. The molecule has 0 bridgehead atoms. The molecule has 0 unspecified atom stereocenters. The van der Waals surface area contributed by atoms with Crippen molar-refractivity contribution in [2.75, 3.05) is 40.0 Å². The summed E-state index contributed by atoms with van der Waals surface area (Å²) in [7, 11) is 2.08. The highest BCUT2D eigenvalue weighted by Crippen LogP contribution is 2.35. The molecule has 2 rings (SSSR count). The Labute approximate surface area is 123 Å². The van der Waals surface area contributed by atoms with E-state index in [9.17, 15) is 10.2 Å². The third-order valence-electron chi connectivity index (χ3n) is 5.09. The molecular formula is C16H31NO3. The van der Waals surface area contributed by atoms with Crippen LogP contribution in [-0.2, 0) is 4.74 Å². The second-order valence-electron chi connectivity index (χ2n) is 7.08. The van der Waals surface area contributed by atoms with E-state index in [-0.39, 0.29) is 12.0 Å². The van der Waals surface area contributed by atoms with Crippen LogP contribution in [0.3, 0.4) is 0 Å². The second-order valence-corrected chi connectivity index (χ2v) is 7.08. The van der Waals surface area contributed by atoms with Crippen LogP contribution in [0.15, 0.2) is 0 Å². The lowest BCUT2D eigenvalue weighted by molar-refractivity contribution is -0.0825. The Morgan fingerprint density at radius 3 is 2.10 bits per heavy atom. The van der Waals surface area contributed by atoms with E-state index in [4.69, 9.17) is 4.74 Å². The molecule has 4 heteroatoms. The van der Waals surface area contributed by atoms with Crippen molar-refractivity contribution >= 4 is 0 Å². The zero-order valence-corrected chi connectivity index (χ0v) is 12.9. The van der Waals surface area contributed by atoms with Gasteiger partial charge in [0.25, 0.3) is 0 Å². The van der Waals surface area contributed by atoms with Crippen molar-refractivity contribution in [3.63, 3.8) is 0 Å². The van der Waals surface area contributed by atoms with Gasteiger partial charge in [-0.1, -0.05) is 25.7 Å². The van der Waals surface area contributed by atoms with Gasteiger partial charge in [-0.2, -0.15) is 0 Å². The highest BCUT2D eigenvalue weighted by Gasteiger charge is 2.35. The van der Waals surface area contributed by atoms with E-state index in [1.165, 1.54) is 25.7 Å². The van der Waals surface area contributed by atoms with E-state index < -0.39 is 5.60 Å². The molecule has 4 nitrogen and oxygen atoms in total. The summed E-state index contributed by atoms with van der Waals surface area (Å²) in [5.41, 5.74) is -0.554. The molecule has 1 aliphatic carbocycles. The van der Waals surface area contributed by atoms with Gasteiger partial charge in [0.2, 0.25) is 0 Å². The number of likely N-dealkylation sites (N-methyl/N-ethyl adjacent to an activating group) is 1. The molecule has 0 spiro atoms. The summed E-state index contributed by atoms with van der Waals surface area (Å²) in [6.45, 7) is 3.19. The molecule has 0 radical (unpaired) electrons. The summed E-state index contributed by atoms with van der Waals surface area (Å²) in [5.74, 6) is 0. The number of aliphatic hydroxyl groups excluding tert-OH is 1. The largest absolute Gasteiger partial charge is 0.396 e. The Balaban J connectivity index is 1.89. The van der Waals surface area contributed by atoms with Crippen molar-refractivity contribution in [1.82, 2.24) is 4.90 Å². The van der Waals surface area contributed by atoms with Gasteiger partial charge in [-0.3, -0.25) is 0 Å². The van der Waals surface area contributed by atoms with E-state index in [2.05, 4.69) is 11.9 Å². The van der Waals surface area contributed by atoms with Gasteiger partial charge in [-0.25, -0.2) is 0 Å². The van der Waals surface area contributed by atoms with Crippen molar-refractivity contribution in [2.24, 2.45) is 5.41 Å². The molecule has 0 amide bonds. The highest BCUT2D eigenvalue weighted by molar-refractivity contribution is 4.88. The van der Waals surface area contributed by atoms with Crippen LogP contribution in [-0.4, -0.2) is 60.7 Å². The summed E-state index contributed by atoms with van der Waals surface area (Å²) < 4.78 is 5.34. The maximum atomic E-state index is 10.6. The average molecular weight is 285 g/mol. The number of ether oxygens (including phenoxy) is 1. The summed E-state index contributed by atoms with van der Waals surface area (Å²) >= 11 is 0. The van der Waals surface area contributed by atoms with E-state index in [1.54, 1.807) is 0 Å². The van der Waals surface area contributed by atoms with Crippen LogP contribution in [0.5, 0.6) is 0 Å². The molecule has 0 aromatic rings. The van der Waals surface area contributed by atoms with Gasteiger partial charge >= 0.3 is 0 Å². The van der Waals surface area contributed by atoms with Crippen LogP contribution in [0.25, 0.3) is 0 Å². The monoisotopic (exact) mass is 285 g/mol. The Morgan fingerprint density at radius 2 is 1.55 bits per heavy atom. The molecule has 1 heterocycles. The molecule has 0 aromatic heterocycles. The molecule has 118 valence electrons. The molecule has 1 saturated carbocycles. The zero-order chi connectivity index (χ0) is 14.5. The molecular weight excluding hydrogens is 254 g/mol. The van der Waals surface area contributed by atoms with E-state index >= 15 is 0 Å². The smallest absolute Gasteiger partial charge is 0.0817 e. The van der Waals surface area contributed by atoms with Gasteiger partial charge in [-0.15, -0.1) is 0 Å². The van der Waals surface area contributed by atoms with Gasteiger partial charge in [0, 0.05) is 51.2 Å². The topological polar surface area (TPSA) is 52.9 Å². The van der Waals surface area contributed by atoms with Crippen LogP contribution in [0, 0.1) is 5.41 Å². The van der Waals surface area contributed by atoms with Crippen LogP contribution in [0.4, 0.5) is 0 Å². The number of rotatable bonds is 5. The third-order valence-corrected chi connectivity index (χ3v) is 5.09. The first kappa shape index (κ1) is 16.2. The fourth-order valence-electron chi connectivity index (χ4n) is 3.89. The van der Waals surface area contributed by atoms with Crippen molar-refractivity contribution in [1.29, 1.82) is 0 Å². The van der Waals surface area contributed by atoms with Crippen molar-refractivity contribution < 1.29 is 14.9 Å². The SMILES string of the molecule is CN(CC1(O)CCOCC1)CC1(CO)CCCCCC1. The van der Waals surface area contributed by atoms with Crippen LogP contribution in [0.2, 0.25) is 0 Å². The van der Waals surface area contributed by atoms with Crippen LogP contribution in [0.1, 0.15) is 51.4 Å². The van der Waals surface area contributed by atoms with E-state index in [0.717, 1.165) is 32.2 Å². The minimum Gasteiger partial charge on any atom is -0.396 e. The van der Waals surface area contributed by atoms with Gasteiger partial charge in [0.1, 0.15) is 0 Å². The molecule has 0 aromatic carbocycles. The van der Waals surface area contributed by atoms with Gasteiger partial charge < -0.3 is 19.8 Å². The third kappa shape index (κ3) is 4.42. The average Bonchev–Trinajstić information content (AvgIpc) is 2.65. The Hall–Kier alpha value is -0.160. The number of hydrogen-bond donors (Lipinski definition) is 2. The van der Waals surface area contributed by atoms with Gasteiger partial charge in [0.15, 0.2) is 0 Å². The molecule has 2 N–H and O–H groups in total. The Kier molecular flexibility index (Phi) is 5.84. The van der Waals surface area contributed by atoms with Crippen LogP contribution < -0.4 is 0 Å². The summed E-state index contributed by atoms with van der Waals surface area (Å²) in [6, 6.07) is 0. The standard InChI is InChI=1S/C16H31NO3/c1-17(13-16(19)8-10-20-11-9-16)12-15(14-18)6-4-2-3-5-7-15/h18-19H,2-14H2,1H3. The van der Waals surface area contributed by atoms with Gasteiger partial charge in [-0.05, 0) is 19.9 Å². The minimum absolute atomic E-state index is 0.0484. The fraction of sp³-hybridized carbons (Fsp3) is 1.00. The molecule has 1 aliphatic heterocycles. The summed E-state index contributed by atoms with van der Waals surface area (Å²) in [4.78, 5) is 2.23. The second kappa shape index (κ2) is 7.21. The first-order valence-corrected chi connectivity index (χ1v) is 8.17. The summed E-state index contributed by atoms with van der Waals surface area (Å²) in [5, 5.41) is 20.5. The first-order chi connectivity index (χ1) is 9.58. The highest BCUT2D eigenvalue weighted by atomic mass is 16.5. The normalized spacial score (nSPS) is 26.4. The molecule has 2 aliphatic rings. The van der Waals surface area contributed by atoms with E-state index in [1.807, 2.05) is 0 Å². The predicted molar refractivity (Wildman–Crippen MR) is 79.7 cm³/mol. The lowest BCUT2D eigenvalue weighted by atomic mass is 9.80. The minimum atomic E-state index is -0.603. The maximum Gasteiger partial charge on any atom is 0.0817 e. The zero-order valence-electron chi connectivity index (χ0n) is 12.9. The van der Waals surface area contributed by atoms with Crippen LogP contribution >= 0.6 is 0 Å². The first-order valence-electron chi connectivity index (χ1n) is 8.17. The van der Waals surface area contributed by atoms with Crippen molar-refractivity contribution in [3.8, 4) is 0 Å². The fourth-order valence-corrected chi connectivity index (χ4v) is 3.89. The molecule has 2 fully saturated rings. The lowest BCUT2D eigenvalue weighted by Gasteiger charge is -2.40. The maximum absolute atomic E-state index is 10.6. The quantitative estimate of drug-likeness (QED) is 0.756. The number of nitrogens with zero attached hydrogens (tertiary/aromatic N) is 1. The Bertz CT molecular complexity index is 281. The predicted octanol–water partition coefficient (Wildman–Crippen LogP) is 1.79.